The lowest BCUT2D eigenvalue weighted by molar-refractivity contribution is 0.437. The zero-order valence-corrected chi connectivity index (χ0v) is 22.9. The molecule has 0 saturated carbocycles. The van der Waals surface area contributed by atoms with Gasteiger partial charge in [0.1, 0.15) is 0 Å². The molecule has 0 aromatic rings. The summed E-state index contributed by atoms with van der Waals surface area (Å²) in [5.41, 5.74) is 0. The summed E-state index contributed by atoms with van der Waals surface area (Å²) in [5, 5.41) is 0. The van der Waals surface area contributed by atoms with Crippen LogP contribution in [0.25, 0.3) is 0 Å². The van der Waals surface area contributed by atoms with Crippen molar-refractivity contribution in [1.29, 1.82) is 0 Å². The second-order valence-corrected chi connectivity index (χ2v) is 11.7. The molecule has 31 heavy (non-hydrogen) atoms. The Hall–Kier alpha value is 0.570. The van der Waals surface area contributed by atoms with Crippen LogP contribution in [0.3, 0.4) is 0 Å². The van der Waals surface area contributed by atoms with Gasteiger partial charge in [-0.1, -0.05) is 129 Å². The van der Waals surface area contributed by atoms with Crippen molar-refractivity contribution in [2.24, 2.45) is 0 Å². The van der Waals surface area contributed by atoms with Crippen LogP contribution in [0.4, 0.5) is 0 Å². The van der Waals surface area contributed by atoms with Crippen molar-refractivity contribution in [3.8, 4) is 0 Å². The normalized spacial score (nSPS) is 11.9. The molecule has 0 heterocycles. The highest BCUT2D eigenvalue weighted by Gasteiger charge is 2.13. The van der Waals surface area contributed by atoms with Gasteiger partial charge in [-0.25, -0.2) is 0 Å². The summed E-state index contributed by atoms with van der Waals surface area (Å²) in [6.45, 7) is 4.49. The maximum atomic E-state index is 11.7. The number of rotatable bonds is 26. The van der Waals surface area contributed by atoms with E-state index in [-0.39, 0.29) is 0 Å². The largest absolute Gasteiger partial charge is 0.421 e. The van der Waals surface area contributed by atoms with E-state index in [0.717, 1.165) is 49.8 Å². The van der Waals surface area contributed by atoms with E-state index in [2.05, 4.69) is 13.8 Å². The van der Waals surface area contributed by atoms with Crippen LogP contribution >= 0.6 is 24.1 Å². The van der Waals surface area contributed by atoms with E-state index in [1.165, 1.54) is 103 Å². The van der Waals surface area contributed by atoms with Gasteiger partial charge >= 0.3 is 10.4 Å². The van der Waals surface area contributed by atoms with Crippen molar-refractivity contribution in [1.82, 2.24) is 0 Å². The highest BCUT2D eigenvalue weighted by Crippen LogP contribution is 2.20. The molecule has 0 fully saturated rings. The third-order valence-electron chi connectivity index (χ3n) is 5.43. The first-order valence-electron chi connectivity index (χ1n) is 13.0. The van der Waals surface area contributed by atoms with E-state index >= 15 is 0 Å². The van der Waals surface area contributed by atoms with Gasteiger partial charge in [0.05, 0.1) is 0 Å². The molecule has 0 radical (unpaired) electrons. The lowest BCUT2D eigenvalue weighted by Crippen LogP contribution is -2.02. The molecule has 4 nitrogen and oxygen atoms in total. The smallest absolute Gasteiger partial charge is 0.175 e. The summed E-state index contributed by atoms with van der Waals surface area (Å²) < 4.78 is 33.1. The lowest BCUT2D eigenvalue weighted by atomic mass is 10.1. The summed E-state index contributed by atoms with van der Waals surface area (Å²) >= 11 is 1.99. The molecule has 0 bridgehead atoms. The van der Waals surface area contributed by atoms with Gasteiger partial charge in [0.15, 0.2) is 0 Å². The average Bonchev–Trinajstić information content (AvgIpc) is 2.75. The SMILES string of the molecule is CCCCCCCCCCCCSOS(=O)(=O)OSCCCCCCCCCCCC. The molecule has 0 atom stereocenters. The van der Waals surface area contributed by atoms with Crippen LogP contribution in [0.1, 0.15) is 142 Å². The van der Waals surface area contributed by atoms with Crippen molar-refractivity contribution >= 4 is 34.5 Å². The Morgan fingerprint density at radius 3 is 1.00 bits per heavy atom. The van der Waals surface area contributed by atoms with Gasteiger partial charge in [0, 0.05) is 35.6 Å². The van der Waals surface area contributed by atoms with Crippen molar-refractivity contribution in [3.63, 3.8) is 0 Å². The monoisotopic (exact) mass is 498 g/mol. The van der Waals surface area contributed by atoms with Crippen molar-refractivity contribution in [2.45, 2.75) is 142 Å². The first kappa shape index (κ1) is 31.6. The Morgan fingerprint density at radius 1 is 0.452 bits per heavy atom. The van der Waals surface area contributed by atoms with Crippen LogP contribution in [0.5, 0.6) is 0 Å². The third-order valence-corrected chi connectivity index (χ3v) is 8.44. The van der Waals surface area contributed by atoms with Gasteiger partial charge < -0.3 is 0 Å². The summed E-state index contributed by atoms with van der Waals surface area (Å²) in [6.07, 6.45) is 25.5. The first-order valence-corrected chi connectivity index (χ1v) is 16.1. The second kappa shape index (κ2) is 25.2. The summed E-state index contributed by atoms with van der Waals surface area (Å²) in [5.74, 6) is 1.39. The molecule has 0 saturated heterocycles. The Bertz CT molecular complexity index is 410. The van der Waals surface area contributed by atoms with E-state index in [9.17, 15) is 8.42 Å². The molecule has 0 aliphatic rings. The van der Waals surface area contributed by atoms with Crippen LogP contribution < -0.4 is 0 Å². The maximum absolute atomic E-state index is 11.7. The molecule has 0 rings (SSSR count). The van der Waals surface area contributed by atoms with E-state index in [1.807, 2.05) is 0 Å². The van der Waals surface area contributed by atoms with Crippen LogP contribution in [0.15, 0.2) is 0 Å². The van der Waals surface area contributed by atoms with Crippen LogP contribution in [-0.2, 0) is 17.7 Å². The standard InChI is InChI=1S/C24H50O4S3/c1-3-5-7-9-11-13-15-17-19-21-23-29-27-31(25,26)28-30-24-22-20-18-16-14-12-10-8-6-4-2/h3-24H2,1-2H3. The molecular formula is C24H50O4S3. The zero-order valence-electron chi connectivity index (χ0n) is 20.4. The molecule has 0 amide bonds. The zero-order chi connectivity index (χ0) is 22.9. The Morgan fingerprint density at radius 2 is 0.710 bits per heavy atom. The topological polar surface area (TPSA) is 52.6 Å². The summed E-state index contributed by atoms with van der Waals surface area (Å²) in [7, 11) is -3.88. The molecule has 0 aromatic heterocycles. The Labute approximate surface area is 203 Å². The quantitative estimate of drug-likeness (QED) is 0.0874. The molecule has 0 N–H and O–H groups in total. The first-order chi connectivity index (χ1) is 15.1. The van der Waals surface area contributed by atoms with Gasteiger partial charge in [-0.05, 0) is 12.8 Å². The van der Waals surface area contributed by atoms with Gasteiger partial charge in [0.2, 0.25) is 0 Å². The predicted octanol–water partition coefficient (Wildman–Crippen LogP) is 9.40. The van der Waals surface area contributed by atoms with Crippen LogP contribution in [0.2, 0.25) is 0 Å². The fourth-order valence-corrected chi connectivity index (χ4v) is 5.92. The lowest BCUT2D eigenvalue weighted by Gasteiger charge is -2.05. The molecule has 0 spiro atoms. The number of hydrogen-bond acceptors (Lipinski definition) is 6. The highest BCUT2D eigenvalue weighted by atomic mass is 32.3. The third kappa shape index (κ3) is 26.7. The number of hydrogen-bond donors (Lipinski definition) is 0. The molecular weight excluding hydrogens is 448 g/mol. The van der Waals surface area contributed by atoms with Gasteiger partial charge in [-0.15, -0.1) is 0 Å². The molecule has 0 aromatic carbocycles. The minimum absolute atomic E-state index is 0.697. The molecule has 0 unspecified atom stereocenters. The molecule has 7 heteroatoms. The van der Waals surface area contributed by atoms with E-state index in [4.69, 9.17) is 7.26 Å². The Kier molecular flexibility index (Phi) is 25.7. The van der Waals surface area contributed by atoms with E-state index in [1.54, 1.807) is 0 Å². The predicted molar refractivity (Wildman–Crippen MR) is 140 cm³/mol. The van der Waals surface area contributed by atoms with Crippen LogP contribution in [0, 0.1) is 0 Å². The number of unbranched alkanes of at least 4 members (excludes halogenated alkanes) is 18. The molecule has 188 valence electrons. The average molecular weight is 499 g/mol. The van der Waals surface area contributed by atoms with E-state index < -0.39 is 10.4 Å². The van der Waals surface area contributed by atoms with E-state index in [0.29, 0.717) is 11.5 Å². The molecule has 0 aliphatic carbocycles. The maximum Gasteiger partial charge on any atom is 0.421 e. The minimum Gasteiger partial charge on any atom is -0.175 e. The fraction of sp³-hybridized carbons (Fsp3) is 1.00. The minimum atomic E-state index is -3.88. The fourth-order valence-electron chi connectivity index (χ4n) is 3.49. The molecule has 0 aliphatic heterocycles. The second-order valence-electron chi connectivity index (χ2n) is 8.55. The van der Waals surface area contributed by atoms with Gasteiger partial charge in [-0.3, -0.25) is 0 Å². The summed E-state index contributed by atoms with van der Waals surface area (Å²) in [4.78, 5) is 0. The van der Waals surface area contributed by atoms with Gasteiger partial charge in [-0.2, -0.15) is 15.7 Å². The Balaban J connectivity index is 3.31. The van der Waals surface area contributed by atoms with Crippen molar-refractivity contribution < 1.29 is 15.7 Å². The summed E-state index contributed by atoms with van der Waals surface area (Å²) in [6, 6.07) is 0. The van der Waals surface area contributed by atoms with Crippen molar-refractivity contribution in [2.75, 3.05) is 11.5 Å². The highest BCUT2D eigenvalue weighted by molar-refractivity contribution is 8.08. The van der Waals surface area contributed by atoms with Crippen molar-refractivity contribution in [3.05, 3.63) is 0 Å². The van der Waals surface area contributed by atoms with Crippen LogP contribution in [-0.4, -0.2) is 19.9 Å². The van der Waals surface area contributed by atoms with Gasteiger partial charge in [0.25, 0.3) is 0 Å².